The summed E-state index contributed by atoms with van der Waals surface area (Å²) in [5, 5.41) is 13.9. The number of alkyl halides is 3. The van der Waals surface area contributed by atoms with E-state index in [4.69, 9.17) is 89.9 Å². The first-order valence-electron chi connectivity index (χ1n) is 26.9. The fraction of sp³-hybridized carbons (Fsp3) is 0.600. The maximum absolute atomic E-state index is 13.3. The van der Waals surface area contributed by atoms with Crippen LogP contribution in [0.15, 0.2) is 72.9 Å². The van der Waals surface area contributed by atoms with Gasteiger partial charge in [0.2, 0.25) is 0 Å². The number of aliphatic carboxylic acids is 1. The maximum atomic E-state index is 13.3. The zero-order valence-corrected chi connectivity index (χ0v) is 47.8. The third-order valence-corrected chi connectivity index (χ3v) is 14.2. The first-order valence-corrected chi connectivity index (χ1v) is 29.1. The summed E-state index contributed by atoms with van der Waals surface area (Å²) >= 11 is 12.6. The van der Waals surface area contributed by atoms with Gasteiger partial charge in [0.15, 0.2) is 0 Å². The molecule has 4 aromatic rings. The van der Waals surface area contributed by atoms with Gasteiger partial charge in [-0.2, -0.15) is 17.5 Å². The molecule has 1 aliphatic heterocycles. The number of nitrogens with zero attached hydrogens (tertiary/aromatic N) is 2. The van der Waals surface area contributed by atoms with Crippen molar-refractivity contribution in [1.82, 2.24) is 9.29 Å². The summed E-state index contributed by atoms with van der Waals surface area (Å²) in [4.78, 5) is 15.1. The van der Waals surface area contributed by atoms with Crippen molar-refractivity contribution in [2.45, 2.75) is 36.7 Å². The lowest BCUT2D eigenvalue weighted by Gasteiger charge is -2.32. The lowest BCUT2D eigenvalue weighted by molar-refractivity contribution is -0.138. The van der Waals surface area contributed by atoms with Crippen molar-refractivity contribution in [3.8, 4) is 5.75 Å². The zero-order valence-electron chi connectivity index (χ0n) is 45.5. The number of benzene rings is 3. The number of piperidine rings is 1. The Morgan fingerprint density at radius 1 is 0.556 bits per heavy atom. The fourth-order valence-corrected chi connectivity index (χ4v) is 9.27. The van der Waals surface area contributed by atoms with Gasteiger partial charge in [-0.25, -0.2) is 8.42 Å². The number of nitrogens with one attached hydrogen (secondary N) is 1. The largest absolute Gasteiger partial charge is 0.511 e. The van der Waals surface area contributed by atoms with Crippen molar-refractivity contribution in [3.63, 3.8) is 0 Å². The van der Waals surface area contributed by atoms with Crippen LogP contribution in [-0.4, -0.2) is 219 Å². The number of hydrogen-bond acceptors (Lipinski definition) is 18. The van der Waals surface area contributed by atoms with Gasteiger partial charge in [0.25, 0.3) is 0 Å². The van der Waals surface area contributed by atoms with Gasteiger partial charge in [0, 0.05) is 52.4 Å². The van der Waals surface area contributed by atoms with Crippen molar-refractivity contribution in [3.05, 3.63) is 99.7 Å². The van der Waals surface area contributed by atoms with Crippen LogP contribution < -0.4 is 10.1 Å². The van der Waals surface area contributed by atoms with E-state index in [0.717, 1.165) is 16.7 Å². The van der Waals surface area contributed by atoms with Gasteiger partial charge in [0.1, 0.15) is 17.9 Å². The van der Waals surface area contributed by atoms with E-state index in [2.05, 4.69) is 10.3 Å². The number of pyridine rings is 1. The molecular weight excluding hydrogens is 1130 g/mol. The van der Waals surface area contributed by atoms with Crippen LogP contribution in [0.1, 0.15) is 41.9 Å². The Kier molecular flexibility index (Phi) is 33.0. The van der Waals surface area contributed by atoms with Crippen molar-refractivity contribution < 1.29 is 93.1 Å². The molecule has 1 fully saturated rings. The van der Waals surface area contributed by atoms with Crippen LogP contribution in [0, 0.1) is 0 Å². The number of ether oxygens (including phenoxy) is 13. The van der Waals surface area contributed by atoms with Crippen LogP contribution in [0.4, 0.5) is 18.9 Å². The summed E-state index contributed by atoms with van der Waals surface area (Å²) in [7, 11) is -5.43. The van der Waals surface area contributed by atoms with E-state index in [1.54, 1.807) is 12.3 Å². The predicted octanol–water partition coefficient (Wildman–Crippen LogP) is 7.50. The van der Waals surface area contributed by atoms with Gasteiger partial charge < -0.3 is 72.0 Å². The molecule has 0 amide bonds. The molecule has 1 aliphatic rings. The van der Waals surface area contributed by atoms with Crippen LogP contribution in [-0.2, 0) is 71.7 Å². The molecule has 20 nitrogen and oxygen atoms in total. The molecule has 3 aromatic carbocycles. The van der Waals surface area contributed by atoms with Gasteiger partial charge in [-0.15, -0.1) is 0 Å². The first-order chi connectivity index (χ1) is 39.3. The summed E-state index contributed by atoms with van der Waals surface area (Å²) in [6.07, 6.45) is 1.93. The second-order valence-corrected chi connectivity index (χ2v) is 20.7. The number of hydrogen-bond donors (Lipinski definition) is 2. The van der Waals surface area contributed by atoms with Gasteiger partial charge in [-0.05, 0) is 72.0 Å². The number of fused-ring (bicyclic) bond motifs is 1. The van der Waals surface area contributed by atoms with E-state index in [1.807, 2.05) is 60.7 Å². The molecule has 0 aliphatic carbocycles. The summed E-state index contributed by atoms with van der Waals surface area (Å²) in [6, 6.07) is 20.5. The Hall–Kier alpha value is -4.06. The molecule has 0 atom stereocenters. The predicted molar refractivity (Wildman–Crippen MR) is 296 cm³/mol. The molecule has 0 unspecified atom stereocenters. The number of sulfonamides is 1. The van der Waals surface area contributed by atoms with Crippen molar-refractivity contribution in [2.75, 3.05) is 184 Å². The molecule has 2 heterocycles. The highest BCUT2D eigenvalue weighted by Crippen LogP contribution is 2.40. The Morgan fingerprint density at radius 3 is 1.27 bits per heavy atom. The summed E-state index contributed by atoms with van der Waals surface area (Å²) < 4.78 is 137. The lowest BCUT2D eigenvalue weighted by atomic mass is 9.84. The standard InChI is InChI=1S/C55H76Cl2F3N3O17S/c56-46-5-1-43(2-6-46)53(44-3-7-47(57)8-4-44)45-41-49-50(62-48-10-14-63(15-11-48)81(66,67)55(58,59)60)9-13-61-54(49)51(42-45)80-40-39-79-38-37-78-36-35-77-34-33-76-32-31-75-30-29-74-28-27-73-26-25-72-24-23-71-22-21-70-20-19-69-18-17-68-16-12-52(64)65/h1-9,13,41-42,48,53H,10-12,14-40H2,(H,61,62)(H,64,65). The fourth-order valence-electron chi connectivity index (χ4n) is 8.03. The molecule has 0 spiro atoms. The van der Waals surface area contributed by atoms with Gasteiger partial charge in [-0.1, -0.05) is 47.5 Å². The van der Waals surface area contributed by atoms with E-state index in [1.165, 1.54) is 0 Å². The first kappa shape index (κ1) is 67.7. The number of halogens is 5. The van der Waals surface area contributed by atoms with Gasteiger partial charge >= 0.3 is 21.5 Å². The normalized spacial score (nSPS) is 13.7. The Balaban J connectivity index is 0.881. The minimum absolute atomic E-state index is 0.0209. The second-order valence-electron chi connectivity index (χ2n) is 17.9. The second kappa shape index (κ2) is 39.5. The highest BCUT2D eigenvalue weighted by atomic mass is 35.5. The molecule has 0 saturated carbocycles. The average molecular weight is 1210 g/mol. The molecule has 1 saturated heterocycles. The molecule has 81 heavy (non-hydrogen) atoms. The highest BCUT2D eigenvalue weighted by Gasteiger charge is 2.50. The minimum Gasteiger partial charge on any atom is -0.489 e. The van der Waals surface area contributed by atoms with E-state index >= 15 is 0 Å². The van der Waals surface area contributed by atoms with Crippen LogP contribution in [0.2, 0.25) is 10.0 Å². The van der Waals surface area contributed by atoms with Crippen LogP contribution >= 0.6 is 23.2 Å². The van der Waals surface area contributed by atoms with Crippen LogP contribution in [0.25, 0.3) is 10.9 Å². The van der Waals surface area contributed by atoms with Crippen LogP contribution in [0.5, 0.6) is 5.75 Å². The lowest BCUT2D eigenvalue weighted by Crippen LogP contribution is -2.47. The molecule has 1 aromatic heterocycles. The zero-order chi connectivity index (χ0) is 57.8. The van der Waals surface area contributed by atoms with Gasteiger partial charge in [0.05, 0.1) is 165 Å². The summed E-state index contributed by atoms with van der Waals surface area (Å²) in [5.41, 5.74) is -1.40. The average Bonchev–Trinajstić information content (AvgIpc) is 3.44. The van der Waals surface area contributed by atoms with E-state index in [-0.39, 0.29) is 64.1 Å². The summed E-state index contributed by atoms with van der Waals surface area (Å²) in [5.74, 6) is -0.705. The quantitative estimate of drug-likeness (QED) is 0.0323. The van der Waals surface area contributed by atoms with Crippen LogP contribution in [0.3, 0.4) is 0 Å². The Bertz CT molecular complexity index is 2400. The SMILES string of the molecule is O=C(O)CCOCCOCCOCCOCCOCCOCCOCCOCCOCCOCCOCCOCCOc1cc(C(c2ccc(Cl)cc2)c2ccc(Cl)cc2)cc2c(NC3CCN(S(=O)(=O)C(F)(F)F)CC3)ccnc12. The number of aromatic nitrogens is 1. The topological polar surface area (TPSA) is 220 Å². The molecular formula is C55H76Cl2F3N3O17S. The van der Waals surface area contributed by atoms with Crippen molar-refractivity contribution in [1.29, 1.82) is 0 Å². The highest BCUT2D eigenvalue weighted by molar-refractivity contribution is 7.90. The van der Waals surface area contributed by atoms with Crippen molar-refractivity contribution >= 4 is 55.8 Å². The molecule has 0 bridgehead atoms. The Labute approximate surface area is 481 Å². The monoisotopic (exact) mass is 1210 g/mol. The number of rotatable bonds is 46. The number of carboxylic acids is 1. The van der Waals surface area contributed by atoms with E-state index in [0.29, 0.717) is 182 Å². The molecule has 5 rings (SSSR count). The Morgan fingerprint density at radius 2 is 0.914 bits per heavy atom. The minimum atomic E-state index is -5.43. The maximum Gasteiger partial charge on any atom is 0.511 e. The number of carboxylic acid groups (broad SMARTS) is 1. The molecule has 26 heteroatoms. The van der Waals surface area contributed by atoms with E-state index in [9.17, 15) is 26.4 Å². The number of carbonyl (C=O) groups is 1. The van der Waals surface area contributed by atoms with Crippen molar-refractivity contribution in [2.24, 2.45) is 0 Å². The summed E-state index contributed by atoms with van der Waals surface area (Å²) in [6.45, 7) is 9.22. The molecule has 2 N–H and O–H groups in total. The third-order valence-electron chi connectivity index (χ3n) is 12.1. The van der Waals surface area contributed by atoms with Gasteiger partial charge in [-0.3, -0.25) is 9.78 Å². The van der Waals surface area contributed by atoms with E-state index < -0.39 is 21.5 Å². The smallest absolute Gasteiger partial charge is 0.489 e. The molecule has 0 radical (unpaired) electrons. The third kappa shape index (κ3) is 26.6. The number of anilines is 1. The molecule has 454 valence electrons.